The first kappa shape index (κ1) is 35.1. The highest BCUT2D eigenvalue weighted by atomic mass is 32.2. The maximum absolute atomic E-state index is 13.0. The molecule has 2 amide bonds. The summed E-state index contributed by atoms with van der Waals surface area (Å²) in [4.78, 5) is 39.0. The lowest BCUT2D eigenvalue weighted by atomic mass is 9.84. The molecule has 4 rings (SSSR count). The van der Waals surface area contributed by atoms with E-state index >= 15 is 0 Å². The Labute approximate surface area is 281 Å². The van der Waals surface area contributed by atoms with Crippen molar-refractivity contribution in [3.8, 4) is 5.75 Å². The van der Waals surface area contributed by atoms with E-state index in [0.29, 0.717) is 23.5 Å². The van der Waals surface area contributed by atoms with E-state index in [1.165, 1.54) is 0 Å². The van der Waals surface area contributed by atoms with E-state index < -0.39 is 28.3 Å². The summed E-state index contributed by atoms with van der Waals surface area (Å²) in [6.45, 7) is 5.66. The summed E-state index contributed by atoms with van der Waals surface area (Å²) in [6, 6.07) is 34.1. The lowest BCUT2D eigenvalue weighted by molar-refractivity contribution is -0.157. The van der Waals surface area contributed by atoms with Crippen LogP contribution in [-0.2, 0) is 19.1 Å². The van der Waals surface area contributed by atoms with E-state index in [0.717, 1.165) is 22.4 Å². The van der Waals surface area contributed by atoms with Gasteiger partial charge in [0.05, 0.1) is 11.9 Å². The van der Waals surface area contributed by atoms with E-state index in [4.69, 9.17) is 15.2 Å². The number of rotatable bonds is 14. The summed E-state index contributed by atoms with van der Waals surface area (Å²) in [6.07, 6.45) is 0.107. The number of nitrogens with one attached hydrogen (secondary N) is 2. The van der Waals surface area contributed by atoms with Crippen molar-refractivity contribution in [2.75, 3.05) is 25.1 Å². The number of anilines is 1. The number of hydrogen-bond acceptors (Lipinski definition) is 7. The molecule has 0 aliphatic heterocycles. The van der Waals surface area contributed by atoms with Gasteiger partial charge in [0.1, 0.15) is 17.4 Å². The number of nitrogen functional groups attached to an aromatic ring is 1. The van der Waals surface area contributed by atoms with Gasteiger partial charge in [-0.2, -0.15) is 0 Å². The van der Waals surface area contributed by atoms with Crippen molar-refractivity contribution >= 4 is 35.2 Å². The Morgan fingerprint density at radius 1 is 0.787 bits per heavy atom. The van der Waals surface area contributed by atoms with E-state index in [9.17, 15) is 14.4 Å². The zero-order chi connectivity index (χ0) is 33.9. The molecule has 8 nitrogen and oxygen atoms in total. The standard InChI is InChI=1S/C38H43N3O5S/c1-37(2,3)46-36(44)33(41-35(43)27-15-19-31(39)20-16-27)23-24-34(42)40-25-26-47-38(28-11-7-5-8-12-28,29-13-9-6-10-14-29)30-17-21-32(45-4)22-18-30/h5-22,33H,23-26,39H2,1-4H3,(H,40,42)(H,41,43)/t33-/m0/s1. The molecule has 1 atom stereocenters. The molecule has 4 aromatic carbocycles. The highest BCUT2D eigenvalue weighted by Crippen LogP contribution is 2.48. The van der Waals surface area contributed by atoms with Crippen molar-refractivity contribution in [2.24, 2.45) is 0 Å². The summed E-state index contributed by atoms with van der Waals surface area (Å²) >= 11 is 1.73. The van der Waals surface area contributed by atoms with Crippen LogP contribution in [0.5, 0.6) is 5.75 Å². The fourth-order valence-corrected chi connectivity index (χ4v) is 6.60. The van der Waals surface area contributed by atoms with Gasteiger partial charge < -0.3 is 25.8 Å². The number of benzene rings is 4. The van der Waals surface area contributed by atoms with Gasteiger partial charge in [0.25, 0.3) is 5.91 Å². The molecule has 0 saturated carbocycles. The van der Waals surface area contributed by atoms with Gasteiger partial charge in [-0.25, -0.2) is 4.79 Å². The fraction of sp³-hybridized carbons (Fsp3) is 0.289. The first-order valence-corrected chi connectivity index (χ1v) is 16.6. The van der Waals surface area contributed by atoms with Gasteiger partial charge in [-0.05, 0) is 80.3 Å². The van der Waals surface area contributed by atoms with E-state index in [1.807, 2.05) is 48.5 Å². The summed E-state index contributed by atoms with van der Waals surface area (Å²) < 4.78 is 10.4. The molecule has 0 spiro atoms. The fourth-order valence-electron chi connectivity index (χ4n) is 5.18. The number of carbonyl (C=O) groups excluding carboxylic acids is 3. The molecular weight excluding hydrogens is 611 g/mol. The first-order valence-electron chi connectivity index (χ1n) is 15.6. The molecule has 0 bridgehead atoms. The predicted molar refractivity (Wildman–Crippen MR) is 188 cm³/mol. The Bertz CT molecular complexity index is 1570. The SMILES string of the molecule is COc1ccc(C(SCCNC(=O)CC[C@H](NC(=O)c2ccc(N)cc2)C(=O)OC(C)(C)C)(c2ccccc2)c2ccccc2)cc1. The molecule has 47 heavy (non-hydrogen) atoms. The third-order valence-electron chi connectivity index (χ3n) is 7.43. The second-order valence-corrected chi connectivity index (χ2v) is 13.4. The average molecular weight is 654 g/mol. The highest BCUT2D eigenvalue weighted by molar-refractivity contribution is 8.00. The molecule has 0 aromatic heterocycles. The molecule has 0 unspecified atom stereocenters. The van der Waals surface area contributed by atoms with Gasteiger partial charge >= 0.3 is 5.97 Å². The molecule has 0 saturated heterocycles. The van der Waals surface area contributed by atoms with Crippen LogP contribution in [0.4, 0.5) is 5.69 Å². The summed E-state index contributed by atoms with van der Waals surface area (Å²) in [5.41, 5.74) is 9.18. The average Bonchev–Trinajstić information content (AvgIpc) is 3.07. The second kappa shape index (κ2) is 16.2. The lowest BCUT2D eigenvalue weighted by Crippen LogP contribution is -2.45. The molecule has 0 radical (unpaired) electrons. The highest BCUT2D eigenvalue weighted by Gasteiger charge is 2.37. The number of carbonyl (C=O) groups is 3. The van der Waals surface area contributed by atoms with Gasteiger partial charge in [0, 0.05) is 30.0 Å². The number of nitrogens with two attached hydrogens (primary N) is 1. The van der Waals surface area contributed by atoms with E-state index in [2.05, 4.69) is 47.0 Å². The normalized spacial score (nSPS) is 12.1. The van der Waals surface area contributed by atoms with Gasteiger partial charge in [-0.1, -0.05) is 72.8 Å². The number of amides is 2. The van der Waals surface area contributed by atoms with Gasteiger partial charge in [-0.3, -0.25) is 9.59 Å². The third-order valence-corrected chi connectivity index (χ3v) is 8.98. The molecule has 4 N–H and O–H groups in total. The van der Waals surface area contributed by atoms with Crippen molar-refractivity contribution in [2.45, 2.75) is 50.0 Å². The van der Waals surface area contributed by atoms with Crippen LogP contribution >= 0.6 is 11.8 Å². The zero-order valence-corrected chi connectivity index (χ0v) is 28.1. The lowest BCUT2D eigenvalue weighted by Gasteiger charge is -2.35. The summed E-state index contributed by atoms with van der Waals surface area (Å²) in [7, 11) is 1.65. The minimum atomic E-state index is -1.00. The second-order valence-electron chi connectivity index (χ2n) is 12.1. The van der Waals surface area contributed by atoms with Crippen molar-refractivity contribution in [1.82, 2.24) is 10.6 Å². The van der Waals surface area contributed by atoms with Crippen LogP contribution in [0.25, 0.3) is 0 Å². The number of hydrogen-bond donors (Lipinski definition) is 3. The van der Waals surface area contributed by atoms with Crippen molar-refractivity contribution in [1.29, 1.82) is 0 Å². The largest absolute Gasteiger partial charge is 0.497 e. The van der Waals surface area contributed by atoms with Crippen LogP contribution in [0.2, 0.25) is 0 Å². The number of methoxy groups -OCH3 is 1. The van der Waals surface area contributed by atoms with Gasteiger partial charge in [0.15, 0.2) is 0 Å². The maximum Gasteiger partial charge on any atom is 0.329 e. The molecular formula is C38H43N3O5S. The van der Waals surface area contributed by atoms with Crippen LogP contribution in [0.1, 0.15) is 60.7 Å². The minimum absolute atomic E-state index is 0.0254. The zero-order valence-electron chi connectivity index (χ0n) is 27.3. The van der Waals surface area contributed by atoms with Crippen LogP contribution < -0.4 is 21.1 Å². The van der Waals surface area contributed by atoms with Crippen molar-refractivity contribution in [3.05, 3.63) is 131 Å². The van der Waals surface area contributed by atoms with E-state index in [-0.39, 0.29) is 18.7 Å². The first-order chi connectivity index (χ1) is 22.5. The summed E-state index contributed by atoms with van der Waals surface area (Å²) in [5.74, 6) is 0.102. The van der Waals surface area contributed by atoms with Crippen LogP contribution in [0.3, 0.4) is 0 Å². The van der Waals surface area contributed by atoms with Crippen LogP contribution in [-0.4, -0.2) is 48.8 Å². The van der Waals surface area contributed by atoms with E-state index in [1.54, 1.807) is 63.9 Å². The predicted octanol–water partition coefficient (Wildman–Crippen LogP) is 6.34. The molecule has 4 aromatic rings. The minimum Gasteiger partial charge on any atom is -0.497 e. The quantitative estimate of drug-likeness (QED) is 0.0629. The molecule has 9 heteroatoms. The van der Waals surface area contributed by atoms with Crippen molar-refractivity contribution < 1.29 is 23.9 Å². The Kier molecular flexibility index (Phi) is 12.1. The monoisotopic (exact) mass is 653 g/mol. The maximum atomic E-state index is 13.0. The molecule has 246 valence electrons. The Hall–Kier alpha value is -4.76. The molecule has 0 fully saturated rings. The Morgan fingerprint density at radius 3 is 1.87 bits per heavy atom. The van der Waals surface area contributed by atoms with Crippen molar-refractivity contribution in [3.63, 3.8) is 0 Å². The number of thioether (sulfide) groups is 1. The van der Waals surface area contributed by atoms with Crippen LogP contribution in [0, 0.1) is 0 Å². The van der Waals surface area contributed by atoms with Gasteiger partial charge in [0.2, 0.25) is 5.91 Å². The Balaban J connectivity index is 1.45. The number of ether oxygens (including phenoxy) is 2. The Morgan fingerprint density at radius 2 is 1.34 bits per heavy atom. The van der Waals surface area contributed by atoms with Gasteiger partial charge in [-0.15, -0.1) is 11.8 Å². The molecule has 0 aliphatic carbocycles. The smallest absolute Gasteiger partial charge is 0.329 e. The topological polar surface area (TPSA) is 120 Å². The third kappa shape index (κ3) is 9.62. The van der Waals surface area contributed by atoms with Crippen LogP contribution in [0.15, 0.2) is 109 Å². The molecule has 0 aliphatic rings. The molecule has 0 heterocycles. The summed E-state index contributed by atoms with van der Waals surface area (Å²) in [5, 5.41) is 5.74. The number of esters is 1.